The van der Waals surface area contributed by atoms with Gasteiger partial charge in [-0.25, -0.2) is 0 Å². The third-order valence-corrected chi connectivity index (χ3v) is 3.46. The van der Waals surface area contributed by atoms with Crippen LogP contribution in [0.1, 0.15) is 11.1 Å². The molecule has 0 saturated heterocycles. The molecule has 2 aromatic carbocycles. The number of hydrogen-bond acceptors (Lipinski definition) is 5. The Morgan fingerprint density at radius 1 is 1.23 bits per heavy atom. The molecule has 1 heterocycles. The second-order valence-corrected chi connectivity index (χ2v) is 4.99. The Morgan fingerprint density at radius 2 is 1.91 bits per heavy atom. The molecule has 0 bridgehead atoms. The molecule has 1 amide bonds. The van der Waals surface area contributed by atoms with Crippen molar-refractivity contribution in [2.24, 2.45) is 5.73 Å². The standard InChI is InChI=1S/C16H13N3O3/c17-9-10-1-3-12(4-2-10)22-13-5-6-15-11(7-13)8-14(18)16(20)19(15)21/h1-7,14,21H,8,18H2. The lowest BCUT2D eigenvalue weighted by molar-refractivity contribution is -0.125. The highest BCUT2D eigenvalue weighted by molar-refractivity contribution is 5.98. The lowest BCUT2D eigenvalue weighted by Gasteiger charge is -2.27. The van der Waals surface area contributed by atoms with Gasteiger partial charge in [-0.05, 0) is 54.4 Å². The van der Waals surface area contributed by atoms with Crippen LogP contribution in [0.4, 0.5) is 5.69 Å². The van der Waals surface area contributed by atoms with E-state index in [9.17, 15) is 10.0 Å². The topological polar surface area (TPSA) is 99.6 Å². The molecule has 3 N–H and O–H groups in total. The predicted molar refractivity (Wildman–Crippen MR) is 78.6 cm³/mol. The number of benzene rings is 2. The summed E-state index contributed by atoms with van der Waals surface area (Å²) in [7, 11) is 0. The number of anilines is 1. The lowest BCUT2D eigenvalue weighted by atomic mass is 9.99. The summed E-state index contributed by atoms with van der Waals surface area (Å²) in [6.07, 6.45) is 0.343. The minimum Gasteiger partial charge on any atom is -0.457 e. The molecule has 0 saturated carbocycles. The number of amides is 1. The molecule has 0 aromatic heterocycles. The molecule has 1 aliphatic heterocycles. The van der Waals surface area contributed by atoms with Crippen LogP contribution in [-0.4, -0.2) is 17.2 Å². The van der Waals surface area contributed by atoms with Gasteiger partial charge in [-0.15, -0.1) is 0 Å². The van der Waals surface area contributed by atoms with Gasteiger partial charge < -0.3 is 10.5 Å². The molecular formula is C16H13N3O3. The summed E-state index contributed by atoms with van der Waals surface area (Å²) in [6.45, 7) is 0. The van der Waals surface area contributed by atoms with Crippen LogP contribution in [0.3, 0.4) is 0 Å². The minimum absolute atomic E-state index is 0.343. The number of hydrogen-bond donors (Lipinski definition) is 2. The number of nitrogens with zero attached hydrogens (tertiary/aromatic N) is 2. The highest BCUT2D eigenvalue weighted by atomic mass is 16.5. The Morgan fingerprint density at radius 3 is 2.59 bits per heavy atom. The van der Waals surface area contributed by atoms with Crippen molar-refractivity contribution in [1.29, 1.82) is 5.26 Å². The summed E-state index contributed by atoms with van der Waals surface area (Å²) in [5, 5.41) is 19.1. The van der Waals surface area contributed by atoms with Gasteiger partial charge in [0, 0.05) is 0 Å². The van der Waals surface area contributed by atoms with E-state index in [1.807, 2.05) is 6.07 Å². The first kappa shape index (κ1) is 14.1. The maximum Gasteiger partial charge on any atom is 0.267 e. The van der Waals surface area contributed by atoms with E-state index < -0.39 is 11.9 Å². The number of carbonyl (C=O) groups excluding carboxylic acids is 1. The predicted octanol–water partition coefficient (Wildman–Crippen LogP) is 1.96. The lowest BCUT2D eigenvalue weighted by Crippen LogP contribution is -2.47. The number of fused-ring (bicyclic) bond motifs is 1. The van der Waals surface area contributed by atoms with Crippen LogP contribution in [-0.2, 0) is 11.2 Å². The van der Waals surface area contributed by atoms with E-state index in [1.165, 1.54) is 0 Å². The third-order valence-electron chi connectivity index (χ3n) is 3.46. The first-order chi connectivity index (χ1) is 10.6. The van der Waals surface area contributed by atoms with Crippen LogP contribution in [0.15, 0.2) is 42.5 Å². The van der Waals surface area contributed by atoms with E-state index in [2.05, 4.69) is 0 Å². The number of hydroxylamine groups is 1. The number of rotatable bonds is 2. The smallest absolute Gasteiger partial charge is 0.267 e. The molecule has 1 unspecified atom stereocenters. The number of nitriles is 1. The number of ether oxygens (including phenoxy) is 1. The highest BCUT2D eigenvalue weighted by Crippen LogP contribution is 2.31. The van der Waals surface area contributed by atoms with Gasteiger partial charge in [-0.1, -0.05) is 0 Å². The monoisotopic (exact) mass is 295 g/mol. The maximum atomic E-state index is 11.6. The van der Waals surface area contributed by atoms with Crippen molar-refractivity contribution in [2.45, 2.75) is 12.5 Å². The SMILES string of the molecule is N#Cc1ccc(Oc2ccc3c(c2)CC(N)C(=O)N3O)cc1. The second-order valence-electron chi connectivity index (χ2n) is 4.99. The largest absolute Gasteiger partial charge is 0.457 e. The van der Waals surface area contributed by atoms with Gasteiger partial charge in [0.2, 0.25) is 0 Å². The molecule has 1 aliphatic rings. The zero-order valence-corrected chi connectivity index (χ0v) is 11.6. The molecule has 0 radical (unpaired) electrons. The van der Waals surface area contributed by atoms with E-state index in [4.69, 9.17) is 15.7 Å². The first-order valence-electron chi connectivity index (χ1n) is 6.68. The molecule has 0 fully saturated rings. The van der Waals surface area contributed by atoms with Crippen molar-refractivity contribution in [3.63, 3.8) is 0 Å². The van der Waals surface area contributed by atoms with E-state index in [1.54, 1.807) is 42.5 Å². The minimum atomic E-state index is -0.761. The van der Waals surface area contributed by atoms with E-state index in [0.717, 1.165) is 5.56 Å². The Labute approximate surface area is 126 Å². The third kappa shape index (κ3) is 2.51. The van der Waals surface area contributed by atoms with Gasteiger partial charge in [0.15, 0.2) is 0 Å². The van der Waals surface area contributed by atoms with Gasteiger partial charge in [0.25, 0.3) is 5.91 Å². The summed E-state index contributed by atoms with van der Waals surface area (Å²) in [4.78, 5) is 11.6. The first-order valence-corrected chi connectivity index (χ1v) is 6.68. The van der Waals surface area contributed by atoms with Crippen LogP contribution in [0.25, 0.3) is 0 Å². The van der Waals surface area contributed by atoms with Crippen LogP contribution in [0.5, 0.6) is 11.5 Å². The van der Waals surface area contributed by atoms with Gasteiger partial charge in [-0.2, -0.15) is 10.3 Å². The number of nitrogens with two attached hydrogens (primary N) is 1. The molecule has 2 aromatic rings. The van der Waals surface area contributed by atoms with Crippen LogP contribution in [0, 0.1) is 11.3 Å². The van der Waals surface area contributed by atoms with Crippen molar-refractivity contribution in [2.75, 3.05) is 5.06 Å². The van der Waals surface area contributed by atoms with Gasteiger partial charge in [0.1, 0.15) is 11.5 Å². The molecule has 110 valence electrons. The molecule has 0 aliphatic carbocycles. The van der Waals surface area contributed by atoms with Crippen molar-refractivity contribution < 1.29 is 14.7 Å². The van der Waals surface area contributed by atoms with Crippen molar-refractivity contribution in [3.8, 4) is 17.6 Å². The highest BCUT2D eigenvalue weighted by Gasteiger charge is 2.29. The van der Waals surface area contributed by atoms with Crippen LogP contribution >= 0.6 is 0 Å². The van der Waals surface area contributed by atoms with Gasteiger partial charge in [0.05, 0.1) is 23.4 Å². The van der Waals surface area contributed by atoms with Crippen LogP contribution < -0.4 is 15.5 Å². The fourth-order valence-corrected chi connectivity index (χ4v) is 2.33. The Kier molecular flexibility index (Phi) is 3.51. The average molecular weight is 295 g/mol. The summed E-state index contributed by atoms with van der Waals surface area (Å²) < 4.78 is 5.71. The van der Waals surface area contributed by atoms with E-state index >= 15 is 0 Å². The Bertz CT molecular complexity index is 765. The Balaban J connectivity index is 1.86. The van der Waals surface area contributed by atoms with Crippen molar-refractivity contribution >= 4 is 11.6 Å². The number of carbonyl (C=O) groups is 1. The average Bonchev–Trinajstić information content (AvgIpc) is 2.53. The summed E-state index contributed by atoms with van der Waals surface area (Å²) >= 11 is 0. The summed E-state index contributed by atoms with van der Waals surface area (Å²) in [5.74, 6) is 0.641. The second kappa shape index (κ2) is 5.48. The Hall–Kier alpha value is -2.88. The molecule has 3 rings (SSSR count). The maximum absolute atomic E-state index is 11.6. The zero-order chi connectivity index (χ0) is 15.7. The van der Waals surface area contributed by atoms with Gasteiger partial charge >= 0.3 is 0 Å². The molecular weight excluding hydrogens is 282 g/mol. The summed E-state index contributed by atoms with van der Waals surface area (Å²) in [5.41, 5.74) is 7.40. The molecule has 6 heteroatoms. The fraction of sp³-hybridized carbons (Fsp3) is 0.125. The zero-order valence-electron chi connectivity index (χ0n) is 11.6. The molecule has 22 heavy (non-hydrogen) atoms. The van der Waals surface area contributed by atoms with Crippen molar-refractivity contribution in [3.05, 3.63) is 53.6 Å². The normalized spacial score (nSPS) is 16.9. The van der Waals surface area contributed by atoms with Crippen LogP contribution in [0.2, 0.25) is 0 Å². The molecule has 0 spiro atoms. The molecule has 6 nitrogen and oxygen atoms in total. The quantitative estimate of drug-likeness (QED) is 0.825. The van der Waals surface area contributed by atoms with E-state index in [0.29, 0.717) is 34.2 Å². The molecule has 1 atom stereocenters. The van der Waals surface area contributed by atoms with Gasteiger partial charge in [-0.3, -0.25) is 10.0 Å². The van der Waals surface area contributed by atoms with E-state index in [-0.39, 0.29) is 0 Å². The summed E-state index contributed by atoms with van der Waals surface area (Å²) in [6, 6.07) is 13.0. The fourth-order valence-electron chi connectivity index (χ4n) is 2.33. The van der Waals surface area contributed by atoms with Crippen molar-refractivity contribution in [1.82, 2.24) is 0 Å².